The number of nitrogens with zero attached hydrogens (tertiary/aromatic N) is 2. The van der Waals surface area contributed by atoms with E-state index in [1.54, 1.807) is 36.6 Å². The first kappa shape index (κ1) is 26.6. The Morgan fingerprint density at radius 1 is 1.08 bits per heavy atom. The second-order valence-electron chi connectivity index (χ2n) is 7.40. The van der Waals surface area contributed by atoms with E-state index in [4.69, 9.17) is 0 Å². The molecule has 1 N–H and O–H groups in total. The Hall–Kier alpha value is -4.03. The van der Waals surface area contributed by atoms with E-state index in [2.05, 4.69) is 28.3 Å². The van der Waals surface area contributed by atoms with Crippen molar-refractivity contribution in [3.05, 3.63) is 121 Å². The molecule has 0 aliphatic rings. The Balaban J connectivity index is 0.00000176. The number of nitrogens with one attached hydrogen (secondary N) is 1. The Kier molecular flexibility index (Phi) is 9.72. The highest BCUT2D eigenvalue weighted by Gasteiger charge is 2.17. The summed E-state index contributed by atoms with van der Waals surface area (Å²) in [6.07, 6.45) is 10.6. The Morgan fingerprint density at radius 3 is 2.64 bits per heavy atom. The molecule has 0 aliphatic carbocycles. The van der Waals surface area contributed by atoms with Gasteiger partial charge in [0.15, 0.2) is 5.78 Å². The lowest BCUT2D eigenvalue weighted by Gasteiger charge is -2.10. The van der Waals surface area contributed by atoms with Crippen molar-refractivity contribution in [1.82, 2.24) is 15.2 Å². The molecule has 0 saturated heterocycles. The number of Topliss-reactive ketones (excluding diaryl/α,β-unsaturated/α-hetero) is 1. The summed E-state index contributed by atoms with van der Waals surface area (Å²) in [7, 11) is 0. The van der Waals surface area contributed by atoms with E-state index in [9.17, 15) is 9.18 Å². The van der Waals surface area contributed by atoms with E-state index in [0.29, 0.717) is 10.5 Å². The molecule has 182 valence electrons. The third-order valence-corrected chi connectivity index (χ3v) is 6.22. The van der Waals surface area contributed by atoms with Crippen LogP contribution in [0.15, 0.2) is 108 Å². The second-order valence-corrected chi connectivity index (χ2v) is 8.49. The fourth-order valence-corrected chi connectivity index (χ4v) is 4.44. The molecule has 2 aromatic heterocycles. The smallest absolute Gasteiger partial charge is 0.168 e. The number of pyridine rings is 1. The van der Waals surface area contributed by atoms with Crippen LogP contribution in [0.3, 0.4) is 0 Å². The molecule has 0 atom stereocenters. The molecule has 4 rings (SSSR count). The van der Waals surface area contributed by atoms with Crippen molar-refractivity contribution in [2.75, 3.05) is 0 Å². The first-order valence-electron chi connectivity index (χ1n) is 11.6. The van der Waals surface area contributed by atoms with E-state index in [-0.39, 0.29) is 12.2 Å². The van der Waals surface area contributed by atoms with E-state index in [0.717, 1.165) is 32.8 Å². The van der Waals surface area contributed by atoms with Crippen LogP contribution in [0.5, 0.6) is 0 Å². The minimum Gasteiger partial charge on any atom is -0.294 e. The van der Waals surface area contributed by atoms with Crippen LogP contribution in [0, 0.1) is 5.82 Å². The summed E-state index contributed by atoms with van der Waals surface area (Å²) in [5.74, 6) is -0.619. The Labute approximate surface area is 215 Å². The lowest BCUT2D eigenvalue weighted by molar-refractivity contribution is 0.0990. The van der Waals surface area contributed by atoms with Crippen LogP contribution in [-0.4, -0.2) is 21.0 Å². The summed E-state index contributed by atoms with van der Waals surface area (Å²) in [6.45, 7) is 11.4. The average Bonchev–Trinajstić information content (AvgIpc) is 3.32. The van der Waals surface area contributed by atoms with Gasteiger partial charge in [-0.15, -0.1) is 0 Å². The minimum absolute atomic E-state index is 0.123. The van der Waals surface area contributed by atoms with Gasteiger partial charge >= 0.3 is 0 Å². The van der Waals surface area contributed by atoms with Gasteiger partial charge in [0, 0.05) is 28.5 Å². The summed E-state index contributed by atoms with van der Waals surface area (Å²) < 4.78 is 14.8. The van der Waals surface area contributed by atoms with Gasteiger partial charge < -0.3 is 0 Å². The van der Waals surface area contributed by atoms with Gasteiger partial charge in [-0.2, -0.15) is 5.10 Å². The monoisotopic (exact) mass is 497 g/mol. The number of carbonyl (C=O) groups excluding carboxylic acids is 1. The molecule has 0 bridgehead atoms. The number of hydrogen-bond donors (Lipinski definition) is 1. The molecular formula is C30H28FN3OS. The molecule has 0 amide bonds. The van der Waals surface area contributed by atoms with Crippen molar-refractivity contribution in [2.45, 2.75) is 30.1 Å². The van der Waals surface area contributed by atoms with Crippen molar-refractivity contribution >= 4 is 40.6 Å². The molecule has 0 saturated carbocycles. The van der Waals surface area contributed by atoms with Crippen molar-refractivity contribution < 1.29 is 9.18 Å². The van der Waals surface area contributed by atoms with Gasteiger partial charge in [0.25, 0.3) is 0 Å². The first-order chi connectivity index (χ1) is 17.6. The molecule has 2 heterocycles. The fraction of sp³-hybridized carbons (Fsp3) is 0.100. The number of aromatic nitrogens is 3. The van der Waals surface area contributed by atoms with Gasteiger partial charge in [-0.1, -0.05) is 75.2 Å². The molecule has 4 nitrogen and oxygen atoms in total. The lowest BCUT2D eigenvalue weighted by atomic mass is 10.0. The fourth-order valence-electron chi connectivity index (χ4n) is 3.43. The molecule has 4 aromatic rings. The molecule has 0 aliphatic heterocycles. The zero-order valence-corrected chi connectivity index (χ0v) is 21.2. The van der Waals surface area contributed by atoms with Gasteiger partial charge in [0.05, 0.1) is 21.8 Å². The van der Waals surface area contributed by atoms with Crippen molar-refractivity contribution in [2.24, 2.45) is 0 Å². The second kappa shape index (κ2) is 13.2. The number of ketones is 1. The summed E-state index contributed by atoms with van der Waals surface area (Å²) in [5, 5.41) is 8.34. The Bertz CT molecular complexity index is 1420. The lowest BCUT2D eigenvalue weighted by Crippen LogP contribution is -2.03. The van der Waals surface area contributed by atoms with Crippen LogP contribution in [0.25, 0.3) is 23.1 Å². The highest BCUT2D eigenvalue weighted by molar-refractivity contribution is 7.99. The number of halogens is 1. The number of hydrogen-bond acceptors (Lipinski definition) is 4. The normalized spacial score (nSPS) is 11.2. The number of benzene rings is 2. The third-order valence-electron chi connectivity index (χ3n) is 5.11. The number of allylic oxidation sites excluding steroid dienone is 4. The maximum Gasteiger partial charge on any atom is 0.168 e. The zero-order valence-electron chi connectivity index (χ0n) is 20.4. The van der Waals surface area contributed by atoms with Gasteiger partial charge in [0.2, 0.25) is 0 Å². The molecule has 0 fully saturated rings. The van der Waals surface area contributed by atoms with Crippen molar-refractivity contribution in [3.8, 4) is 0 Å². The SMILES string of the molecule is C=C/C=C(\C=C)CC(=O)c1cccc(F)c1Sc1ccc2c(/C=C/c3ccccn3)n[nH]c2c1.CC. The van der Waals surface area contributed by atoms with Crippen LogP contribution in [0.4, 0.5) is 4.39 Å². The highest BCUT2D eigenvalue weighted by atomic mass is 32.2. The summed E-state index contributed by atoms with van der Waals surface area (Å²) in [6, 6.07) is 16.0. The largest absolute Gasteiger partial charge is 0.294 e. The molecule has 36 heavy (non-hydrogen) atoms. The standard InChI is InChI=1S/C28H22FN3OS.C2H6/c1-3-8-19(4-2)17-27(33)23-10-7-11-24(29)28(23)34-21-13-14-22-25(31-32-26(22)18-21)15-12-20-9-5-6-16-30-20;1-2/h3-16,18H,1-2,17H2,(H,31,32);1-2H3/b15-12+,19-8+;. The number of rotatable bonds is 9. The molecule has 0 radical (unpaired) electrons. The van der Waals surface area contributed by atoms with Crippen molar-refractivity contribution in [1.29, 1.82) is 0 Å². The first-order valence-corrected chi connectivity index (χ1v) is 12.4. The van der Waals surface area contributed by atoms with E-state index in [1.165, 1.54) is 17.8 Å². The maximum atomic E-state index is 14.8. The van der Waals surface area contributed by atoms with Crippen LogP contribution >= 0.6 is 11.8 Å². The topological polar surface area (TPSA) is 58.6 Å². The summed E-state index contributed by atoms with van der Waals surface area (Å²) >= 11 is 1.21. The molecule has 0 spiro atoms. The van der Waals surface area contributed by atoms with Crippen LogP contribution in [-0.2, 0) is 0 Å². The maximum absolute atomic E-state index is 14.8. The van der Waals surface area contributed by atoms with E-state index in [1.807, 2.05) is 62.4 Å². The molecule has 6 heteroatoms. The van der Waals surface area contributed by atoms with Gasteiger partial charge in [-0.3, -0.25) is 14.9 Å². The highest BCUT2D eigenvalue weighted by Crippen LogP contribution is 2.35. The Morgan fingerprint density at radius 2 is 1.92 bits per heavy atom. The number of carbonyl (C=O) groups is 1. The van der Waals surface area contributed by atoms with E-state index >= 15 is 0 Å². The minimum atomic E-state index is -0.438. The zero-order chi connectivity index (χ0) is 25.9. The van der Waals surface area contributed by atoms with E-state index < -0.39 is 5.82 Å². The van der Waals surface area contributed by atoms with Crippen LogP contribution in [0.2, 0.25) is 0 Å². The predicted molar refractivity (Wildman–Crippen MR) is 149 cm³/mol. The average molecular weight is 498 g/mol. The quantitative estimate of drug-likeness (QED) is 0.187. The molecular weight excluding hydrogens is 469 g/mol. The van der Waals surface area contributed by atoms with Gasteiger partial charge in [-0.05, 0) is 54.1 Å². The predicted octanol–water partition coefficient (Wildman–Crippen LogP) is 8.32. The molecule has 0 unspecified atom stereocenters. The number of H-pyrrole nitrogens is 1. The summed E-state index contributed by atoms with van der Waals surface area (Å²) in [5.41, 5.74) is 3.50. The van der Waals surface area contributed by atoms with Crippen molar-refractivity contribution in [3.63, 3.8) is 0 Å². The number of aromatic amines is 1. The number of fused-ring (bicyclic) bond motifs is 1. The third kappa shape index (κ3) is 6.55. The van der Waals surface area contributed by atoms with Gasteiger partial charge in [0.1, 0.15) is 5.82 Å². The van der Waals surface area contributed by atoms with Crippen LogP contribution in [0.1, 0.15) is 42.0 Å². The molecule has 2 aromatic carbocycles. The van der Waals surface area contributed by atoms with Gasteiger partial charge in [-0.25, -0.2) is 4.39 Å². The van der Waals surface area contributed by atoms with Crippen LogP contribution < -0.4 is 0 Å². The summed E-state index contributed by atoms with van der Waals surface area (Å²) in [4.78, 5) is 18.3.